The van der Waals surface area contributed by atoms with E-state index >= 15 is 0 Å². The molecule has 1 aliphatic rings. The van der Waals surface area contributed by atoms with E-state index in [4.69, 9.17) is 4.74 Å². The zero-order chi connectivity index (χ0) is 15.9. The van der Waals surface area contributed by atoms with E-state index in [1.165, 1.54) is 0 Å². The van der Waals surface area contributed by atoms with E-state index in [1.54, 1.807) is 6.08 Å². The number of carbonyl (C=O) groups is 2. The van der Waals surface area contributed by atoms with Gasteiger partial charge in [0.25, 0.3) is 11.1 Å². The summed E-state index contributed by atoms with van der Waals surface area (Å²) in [6.45, 7) is 7.85. The first kappa shape index (κ1) is 16.6. The second kappa shape index (κ2) is 8.00. The summed E-state index contributed by atoms with van der Waals surface area (Å²) in [5, 5.41) is 1.91. The average molecular weight is 320 g/mol. The van der Waals surface area contributed by atoms with Crippen molar-refractivity contribution in [2.45, 2.75) is 13.8 Å². The van der Waals surface area contributed by atoms with Crippen molar-refractivity contribution in [1.29, 1.82) is 0 Å². The van der Waals surface area contributed by atoms with Gasteiger partial charge in [-0.1, -0.05) is 26.0 Å². The van der Waals surface area contributed by atoms with Crippen molar-refractivity contribution in [2.75, 3.05) is 26.2 Å². The van der Waals surface area contributed by atoms with E-state index in [1.807, 2.05) is 24.3 Å². The Balaban J connectivity index is 1.89. The first-order chi connectivity index (χ1) is 10.6. The lowest BCUT2D eigenvalue weighted by molar-refractivity contribution is -0.115. The molecule has 1 aromatic carbocycles. The van der Waals surface area contributed by atoms with Gasteiger partial charge >= 0.3 is 0 Å². The Labute approximate surface area is 134 Å². The van der Waals surface area contributed by atoms with E-state index in [0.717, 1.165) is 42.7 Å². The lowest BCUT2D eigenvalue weighted by Gasteiger charge is -2.17. The Morgan fingerprint density at radius 2 is 1.86 bits per heavy atom. The summed E-state index contributed by atoms with van der Waals surface area (Å²) >= 11 is 0.920. The summed E-state index contributed by atoms with van der Waals surface area (Å²) in [4.78, 5) is 25.3. The molecular formula is C16H20N2O3S. The summed E-state index contributed by atoms with van der Waals surface area (Å²) < 4.78 is 5.70. The second-order valence-corrected chi connectivity index (χ2v) is 5.81. The zero-order valence-corrected chi connectivity index (χ0v) is 13.6. The molecule has 1 saturated heterocycles. The second-order valence-electron chi connectivity index (χ2n) is 4.80. The Kier molecular flexibility index (Phi) is 6.03. The third kappa shape index (κ3) is 4.61. The van der Waals surface area contributed by atoms with Crippen LogP contribution in [0.4, 0.5) is 4.79 Å². The third-order valence-corrected chi connectivity index (χ3v) is 4.20. The quantitative estimate of drug-likeness (QED) is 0.783. The van der Waals surface area contributed by atoms with Crippen LogP contribution in [0.3, 0.4) is 0 Å². The van der Waals surface area contributed by atoms with Crippen molar-refractivity contribution in [2.24, 2.45) is 0 Å². The molecule has 1 N–H and O–H groups in total. The smallest absolute Gasteiger partial charge is 0.290 e. The molecule has 1 fully saturated rings. The number of amides is 2. The molecule has 5 nitrogen and oxygen atoms in total. The number of ether oxygens (including phenoxy) is 1. The topological polar surface area (TPSA) is 58.6 Å². The molecule has 0 bridgehead atoms. The lowest BCUT2D eigenvalue weighted by Crippen LogP contribution is -2.27. The Morgan fingerprint density at radius 3 is 2.41 bits per heavy atom. The molecule has 0 aromatic heterocycles. The lowest BCUT2D eigenvalue weighted by atomic mass is 10.2. The molecule has 22 heavy (non-hydrogen) atoms. The summed E-state index contributed by atoms with van der Waals surface area (Å²) in [6, 6.07) is 7.48. The highest BCUT2D eigenvalue weighted by Gasteiger charge is 2.24. The van der Waals surface area contributed by atoms with Crippen molar-refractivity contribution in [3.8, 4) is 5.75 Å². The molecule has 1 heterocycles. The number of hydrogen-bond donors (Lipinski definition) is 1. The predicted molar refractivity (Wildman–Crippen MR) is 88.8 cm³/mol. The van der Waals surface area contributed by atoms with E-state index in [9.17, 15) is 9.59 Å². The largest absolute Gasteiger partial charge is 0.492 e. The normalized spacial score (nSPS) is 16.4. The fourth-order valence-corrected chi connectivity index (χ4v) is 2.75. The summed E-state index contributed by atoms with van der Waals surface area (Å²) in [5.74, 6) is 0.462. The Morgan fingerprint density at radius 1 is 1.18 bits per heavy atom. The monoisotopic (exact) mass is 320 g/mol. The van der Waals surface area contributed by atoms with Crippen LogP contribution in [-0.4, -0.2) is 42.3 Å². The minimum Gasteiger partial charge on any atom is -0.492 e. The molecule has 0 unspecified atom stereocenters. The molecule has 0 saturated carbocycles. The van der Waals surface area contributed by atoms with Crippen LogP contribution in [0.25, 0.3) is 6.08 Å². The van der Waals surface area contributed by atoms with Gasteiger partial charge in [-0.2, -0.15) is 0 Å². The van der Waals surface area contributed by atoms with Crippen LogP contribution in [0.2, 0.25) is 0 Å². The van der Waals surface area contributed by atoms with Gasteiger partial charge in [0.1, 0.15) is 12.4 Å². The molecule has 0 radical (unpaired) electrons. The van der Waals surface area contributed by atoms with E-state index in [2.05, 4.69) is 24.1 Å². The number of hydrogen-bond acceptors (Lipinski definition) is 5. The maximum Gasteiger partial charge on any atom is 0.290 e. The van der Waals surface area contributed by atoms with E-state index < -0.39 is 0 Å². The minimum absolute atomic E-state index is 0.326. The number of imide groups is 1. The van der Waals surface area contributed by atoms with Crippen LogP contribution >= 0.6 is 11.8 Å². The van der Waals surface area contributed by atoms with Gasteiger partial charge in [0, 0.05) is 6.54 Å². The minimum atomic E-state index is -0.338. The van der Waals surface area contributed by atoms with Crippen molar-refractivity contribution in [3.05, 3.63) is 34.7 Å². The third-order valence-electron chi connectivity index (χ3n) is 3.39. The van der Waals surface area contributed by atoms with Crippen molar-refractivity contribution >= 4 is 29.0 Å². The van der Waals surface area contributed by atoms with Crippen LogP contribution in [0.15, 0.2) is 29.2 Å². The number of nitrogens with one attached hydrogen (secondary N) is 1. The van der Waals surface area contributed by atoms with Crippen LogP contribution in [0, 0.1) is 0 Å². The molecular weight excluding hydrogens is 300 g/mol. The molecule has 118 valence electrons. The molecule has 1 aromatic rings. The highest BCUT2D eigenvalue weighted by atomic mass is 32.2. The van der Waals surface area contributed by atoms with Crippen LogP contribution in [0.1, 0.15) is 19.4 Å². The van der Waals surface area contributed by atoms with Crippen molar-refractivity contribution in [1.82, 2.24) is 10.2 Å². The Bertz CT molecular complexity index is 565. The number of rotatable bonds is 7. The molecule has 6 heteroatoms. The zero-order valence-electron chi connectivity index (χ0n) is 12.8. The van der Waals surface area contributed by atoms with Crippen molar-refractivity contribution in [3.63, 3.8) is 0 Å². The van der Waals surface area contributed by atoms with Gasteiger partial charge in [-0.25, -0.2) is 0 Å². The summed E-state index contributed by atoms with van der Waals surface area (Å²) in [6.07, 6.45) is 1.70. The molecule has 0 aliphatic carbocycles. The van der Waals surface area contributed by atoms with Gasteiger partial charge < -0.3 is 9.64 Å². The van der Waals surface area contributed by atoms with E-state index in [0.29, 0.717) is 11.5 Å². The maximum atomic E-state index is 11.5. The summed E-state index contributed by atoms with van der Waals surface area (Å²) in [7, 11) is 0. The first-order valence-corrected chi connectivity index (χ1v) is 8.14. The van der Waals surface area contributed by atoms with Gasteiger partial charge in [0.05, 0.1) is 4.91 Å². The van der Waals surface area contributed by atoms with Crippen LogP contribution in [-0.2, 0) is 4.79 Å². The molecule has 1 aliphatic heterocycles. The highest BCUT2D eigenvalue weighted by Crippen LogP contribution is 2.26. The summed E-state index contributed by atoms with van der Waals surface area (Å²) in [5.41, 5.74) is 0.864. The van der Waals surface area contributed by atoms with Crippen molar-refractivity contribution < 1.29 is 14.3 Å². The SMILES string of the molecule is CCN(CC)CCOc1ccc(C=C2SC(=O)NC2=O)cc1. The molecule has 0 atom stereocenters. The fourth-order valence-electron chi connectivity index (χ4n) is 2.07. The number of nitrogens with zero attached hydrogens (tertiary/aromatic N) is 1. The molecule has 0 spiro atoms. The molecule has 2 amide bonds. The number of benzene rings is 1. The molecule has 2 rings (SSSR count). The number of thioether (sulfide) groups is 1. The Hall–Kier alpha value is -1.79. The first-order valence-electron chi connectivity index (χ1n) is 7.32. The highest BCUT2D eigenvalue weighted by molar-refractivity contribution is 8.18. The number of likely N-dealkylation sites (N-methyl/N-ethyl adjacent to an activating group) is 1. The van der Waals surface area contributed by atoms with Crippen LogP contribution < -0.4 is 10.1 Å². The van der Waals surface area contributed by atoms with Gasteiger partial charge in [0.15, 0.2) is 0 Å². The predicted octanol–water partition coefficient (Wildman–Crippen LogP) is 2.73. The standard InChI is InChI=1S/C16H20N2O3S/c1-3-18(4-2)9-10-21-13-7-5-12(6-8-13)11-14-15(19)17-16(20)22-14/h5-8,11H,3-4,9-10H2,1-2H3,(H,17,19,20). The van der Waals surface area contributed by atoms with Gasteiger partial charge in [-0.3, -0.25) is 14.9 Å². The van der Waals surface area contributed by atoms with Crippen LogP contribution in [0.5, 0.6) is 5.75 Å². The number of carbonyl (C=O) groups excluding carboxylic acids is 2. The average Bonchev–Trinajstić information content (AvgIpc) is 2.83. The van der Waals surface area contributed by atoms with E-state index in [-0.39, 0.29) is 11.1 Å². The van der Waals surface area contributed by atoms with Gasteiger partial charge in [0.2, 0.25) is 0 Å². The van der Waals surface area contributed by atoms with Gasteiger partial charge in [-0.15, -0.1) is 0 Å². The maximum absolute atomic E-state index is 11.5. The van der Waals surface area contributed by atoms with Gasteiger partial charge in [-0.05, 0) is 48.6 Å². The fraction of sp³-hybridized carbons (Fsp3) is 0.375.